The number of nitrogens with zero attached hydrogens (tertiary/aromatic N) is 1. The minimum atomic E-state index is -0.0543. The molecule has 1 fully saturated rings. The number of carbonyl (C=O) groups excluding carboxylic acids is 1. The number of rotatable bonds is 3. The SMILES string of the molecule is Cc1ccc(N2C(=O)C(=Cc3ccccc3)SC2c2ccccc2)cc1. The van der Waals surface area contributed by atoms with Gasteiger partial charge in [0.25, 0.3) is 5.91 Å². The highest BCUT2D eigenvalue weighted by atomic mass is 32.2. The largest absolute Gasteiger partial charge is 0.291 e. The van der Waals surface area contributed by atoms with Gasteiger partial charge < -0.3 is 0 Å². The van der Waals surface area contributed by atoms with E-state index in [0.717, 1.165) is 21.7 Å². The molecule has 1 unspecified atom stereocenters. The number of hydrogen-bond donors (Lipinski definition) is 0. The Morgan fingerprint density at radius 1 is 0.846 bits per heavy atom. The third-order valence-electron chi connectivity index (χ3n) is 4.40. The summed E-state index contributed by atoms with van der Waals surface area (Å²) < 4.78 is 0. The van der Waals surface area contributed by atoms with Crippen molar-refractivity contribution >= 4 is 29.4 Å². The molecule has 0 saturated carbocycles. The van der Waals surface area contributed by atoms with Crippen LogP contribution in [0, 0.1) is 6.92 Å². The van der Waals surface area contributed by atoms with Crippen molar-refractivity contribution in [2.75, 3.05) is 4.90 Å². The van der Waals surface area contributed by atoms with E-state index in [4.69, 9.17) is 0 Å². The Labute approximate surface area is 158 Å². The smallest absolute Gasteiger partial charge is 0.266 e. The molecule has 3 heteroatoms. The minimum Gasteiger partial charge on any atom is -0.291 e. The molecule has 0 spiro atoms. The molecule has 0 radical (unpaired) electrons. The van der Waals surface area contributed by atoms with Crippen molar-refractivity contribution in [3.05, 3.63) is 107 Å². The van der Waals surface area contributed by atoms with Crippen LogP contribution in [-0.2, 0) is 4.79 Å². The van der Waals surface area contributed by atoms with Gasteiger partial charge in [-0.05, 0) is 36.3 Å². The van der Waals surface area contributed by atoms with Crippen molar-refractivity contribution in [1.82, 2.24) is 0 Å². The van der Waals surface area contributed by atoms with E-state index in [1.54, 1.807) is 11.8 Å². The lowest BCUT2D eigenvalue weighted by atomic mass is 10.1. The average Bonchev–Trinajstić information content (AvgIpc) is 3.00. The lowest BCUT2D eigenvalue weighted by molar-refractivity contribution is -0.114. The van der Waals surface area contributed by atoms with Crippen LogP contribution in [0.2, 0.25) is 0 Å². The summed E-state index contributed by atoms with van der Waals surface area (Å²) in [5, 5.41) is -0.0543. The summed E-state index contributed by atoms with van der Waals surface area (Å²) in [5.74, 6) is 0.0524. The molecule has 0 aromatic heterocycles. The van der Waals surface area contributed by atoms with Gasteiger partial charge in [-0.1, -0.05) is 90.1 Å². The Balaban J connectivity index is 1.77. The van der Waals surface area contributed by atoms with Crippen LogP contribution < -0.4 is 4.90 Å². The molecular formula is C23H19NOS. The van der Waals surface area contributed by atoms with E-state index < -0.39 is 0 Å². The molecule has 0 bridgehead atoms. The Bertz CT molecular complexity index is 933. The van der Waals surface area contributed by atoms with Gasteiger partial charge in [0, 0.05) is 5.69 Å². The van der Waals surface area contributed by atoms with Gasteiger partial charge in [0.05, 0.1) is 4.91 Å². The van der Waals surface area contributed by atoms with E-state index in [0.29, 0.717) is 0 Å². The highest BCUT2D eigenvalue weighted by molar-refractivity contribution is 8.05. The molecule has 128 valence electrons. The number of anilines is 1. The molecule has 1 atom stereocenters. The quantitative estimate of drug-likeness (QED) is 0.551. The van der Waals surface area contributed by atoms with E-state index in [-0.39, 0.29) is 11.3 Å². The molecule has 1 heterocycles. The maximum absolute atomic E-state index is 13.2. The third-order valence-corrected chi connectivity index (χ3v) is 5.65. The first-order chi connectivity index (χ1) is 12.7. The van der Waals surface area contributed by atoms with Gasteiger partial charge in [0.1, 0.15) is 5.37 Å². The summed E-state index contributed by atoms with van der Waals surface area (Å²) in [6.07, 6.45) is 1.98. The fourth-order valence-electron chi connectivity index (χ4n) is 3.04. The van der Waals surface area contributed by atoms with Crippen molar-refractivity contribution in [2.45, 2.75) is 12.3 Å². The molecule has 26 heavy (non-hydrogen) atoms. The number of hydrogen-bond acceptors (Lipinski definition) is 2. The maximum Gasteiger partial charge on any atom is 0.266 e. The first kappa shape index (κ1) is 16.7. The van der Waals surface area contributed by atoms with E-state index in [9.17, 15) is 4.79 Å². The van der Waals surface area contributed by atoms with Crippen LogP contribution in [0.1, 0.15) is 22.1 Å². The molecule has 0 aliphatic carbocycles. The Morgan fingerprint density at radius 3 is 2.12 bits per heavy atom. The first-order valence-electron chi connectivity index (χ1n) is 8.61. The fourth-order valence-corrected chi connectivity index (χ4v) is 4.30. The second kappa shape index (κ2) is 7.22. The standard InChI is InChI=1S/C23H19NOS/c1-17-12-14-20(15-13-17)24-22(25)21(16-18-8-4-2-5-9-18)26-23(24)19-10-6-3-7-11-19/h2-16,23H,1H3. The molecule has 4 rings (SSSR count). The zero-order valence-electron chi connectivity index (χ0n) is 14.5. The number of amides is 1. The topological polar surface area (TPSA) is 20.3 Å². The molecule has 2 nitrogen and oxygen atoms in total. The monoisotopic (exact) mass is 357 g/mol. The molecule has 1 aliphatic heterocycles. The predicted molar refractivity (Wildman–Crippen MR) is 110 cm³/mol. The highest BCUT2D eigenvalue weighted by Gasteiger charge is 2.38. The highest BCUT2D eigenvalue weighted by Crippen LogP contribution is 2.48. The number of thioether (sulfide) groups is 1. The number of benzene rings is 3. The van der Waals surface area contributed by atoms with E-state index >= 15 is 0 Å². The van der Waals surface area contributed by atoms with Gasteiger partial charge in [0.15, 0.2) is 0 Å². The summed E-state index contributed by atoms with van der Waals surface area (Å²) >= 11 is 1.61. The van der Waals surface area contributed by atoms with E-state index in [1.807, 2.05) is 83.8 Å². The third kappa shape index (κ3) is 3.31. The van der Waals surface area contributed by atoms with Crippen LogP contribution in [0.3, 0.4) is 0 Å². The number of aryl methyl sites for hydroxylation is 1. The fraction of sp³-hybridized carbons (Fsp3) is 0.0870. The Kier molecular flexibility index (Phi) is 4.63. The van der Waals surface area contributed by atoms with Gasteiger partial charge in [-0.15, -0.1) is 0 Å². The molecule has 1 amide bonds. The predicted octanol–water partition coefficient (Wildman–Crippen LogP) is 5.81. The summed E-state index contributed by atoms with van der Waals surface area (Å²) in [5.41, 5.74) is 4.28. The van der Waals surface area contributed by atoms with Gasteiger partial charge in [-0.3, -0.25) is 9.69 Å². The summed E-state index contributed by atoms with van der Waals surface area (Å²) in [6, 6.07) is 28.4. The molecule has 3 aromatic rings. The Morgan fingerprint density at radius 2 is 1.46 bits per heavy atom. The van der Waals surface area contributed by atoms with Crippen LogP contribution in [0.5, 0.6) is 0 Å². The number of carbonyl (C=O) groups is 1. The summed E-state index contributed by atoms with van der Waals surface area (Å²) in [4.78, 5) is 15.9. The van der Waals surface area contributed by atoms with Crippen molar-refractivity contribution in [2.24, 2.45) is 0 Å². The lowest BCUT2D eigenvalue weighted by Crippen LogP contribution is -2.27. The Hall–Kier alpha value is -2.78. The van der Waals surface area contributed by atoms with Crippen LogP contribution in [0.15, 0.2) is 89.8 Å². The van der Waals surface area contributed by atoms with E-state index in [1.165, 1.54) is 5.56 Å². The minimum absolute atomic E-state index is 0.0524. The molecule has 1 saturated heterocycles. The second-order valence-electron chi connectivity index (χ2n) is 6.31. The molecule has 3 aromatic carbocycles. The van der Waals surface area contributed by atoms with E-state index in [2.05, 4.69) is 19.1 Å². The van der Waals surface area contributed by atoms with Crippen LogP contribution >= 0.6 is 11.8 Å². The average molecular weight is 357 g/mol. The normalized spacial score (nSPS) is 18.5. The van der Waals surface area contributed by atoms with Gasteiger partial charge in [-0.25, -0.2) is 0 Å². The van der Waals surface area contributed by atoms with Gasteiger partial charge in [0.2, 0.25) is 0 Å². The zero-order chi connectivity index (χ0) is 17.9. The molecule has 1 aliphatic rings. The van der Waals surface area contributed by atoms with Gasteiger partial charge >= 0.3 is 0 Å². The lowest BCUT2D eigenvalue weighted by Gasteiger charge is -2.23. The molecule has 0 N–H and O–H groups in total. The second-order valence-corrected chi connectivity index (χ2v) is 7.43. The zero-order valence-corrected chi connectivity index (χ0v) is 15.3. The van der Waals surface area contributed by atoms with Crippen LogP contribution in [0.4, 0.5) is 5.69 Å². The summed E-state index contributed by atoms with van der Waals surface area (Å²) in [7, 11) is 0. The van der Waals surface area contributed by atoms with Crippen LogP contribution in [-0.4, -0.2) is 5.91 Å². The van der Waals surface area contributed by atoms with Crippen molar-refractivity contribution in [1.29, 1.82) is 0 Å². The summed E-state index contributed by atoms with van der Waals surface area (Å²) in [6.45, 7) is 2.06. The maximum atomic E-state index is 13.2. The van der Waals surface area contributed by atoms with Crippen molar-refractivity contribution < 1.29 is 4.79 Å². The van der Waals surface area contributed by atoms with Crippen molar-refractivity contribution in [3.63, 3.8) is 0 Å². The molecular weight excluding hydrogens is 338 g/mol. The first-order valence-corrected chi connectivity index (χ1v) is 9.49. The van der Waals surface area contributed by atoms with Crippen LogP contribution in [0.25, 0.3) is 6.08 Å². The van der Waals surface area contributed by atoms with Crippen molar-refractivity contribution in [3.8, 4) is 0 Å². The van der Waals surface area contributed by atoms with Gasteiger partial charge in [-0.2, -0.15) is 0 Å².